The minimum Gasteiger partial charge on any atom is -0.336 e. The fourth-order valence-electron chi connectivity index (χ4n) is 3.44. The summed E-state index contributed by atoms with van der Waals surface area (Å²) in [6, 6.07) is 14.7. The Kier molecular flexibility index (Phi) is 5.60. The van der Waals surface area contributed by atoms with Gasteiger partial charge in [-0.05, 0) is 43.0 Å². The van der Waals surface area contributed by atoms with Crippen LogP contribution in [0, 0.1) is 12.3 Å². The van der Waals surface area contributed by atoms with Crippen LogP contribution in [0.25, 0.3) is 16.6 Å². The Bertz CT molecular complexity index is 1110. The van der Waals surface area contributed by atoms with Crippen LogP contribution >= 0.6 is 0 Å². The van der Waals surface area contributed by atoms with Crippen molar-refractivity contribution in [1.29, 1.82) is 0 Å². The van der Waals surface area contributed by atoms with Gasteiger partial charge in [0.2, 0.25) is 5.91 Å². The molecule has 3 aromatic rings. The third-order valence-corrected chi connectivity index (χ3v) is 5.19. The standard InChI is InChI=1S/C24H29N3O2/c1-16-11-7-10-14-20(16)27-22(17(2)26(6)21(28)15-24(3,4)5)25-19-13-9-8-12-18(19)23(27)29/h7-14,17H,15H2,1-6H3. The number of nitrogens with zero attached hydrogens (tertiary/aromatic N) is 3. The minimum absolute atomic E-state index is 0.0312. The van der Waals surface area contributed by atoms with Gasteiger partial charge in [0.15, 0.2) is 0 Å². The van der Waals surface area contributed by atoms with Gasteiger partial charge < -0.3 is 4.90 Å². The molecule has 0 N–H and O–H groups in total. The van der Waals surface area contributed by atoms with Gasteiger partial charge in [-0.1, -0.05) is 51.1 Å². The molecule has 0 saturated heterocycles. The smallest absolute Gasteiger partial charge is 0.266 e. The number of hydrogen-bond acceptors (Lipinski definition) is 3. The summed E-state index contributed by atoms with van der Waals surface area (Å²) in [5, 5.41) is 0.565. The summed E-state index contributed by atoms with van der Waals surface area (Å²) in [7, 11) is 1.78. The molecule has 5 nitrogen and oxygen atoms in total. The molecule has 152 valence electrons. The third kappa shape index (κ3) is 4.24. The number of rotatable bonds is 4. The van der Waals surface area contributed by atoms with Gasteiger partial charge in [-0.3, -0.25) is 14.2 Å². The molecular weight excluding hydrogens is 362 g/mol. The van der Waals surface area contributed by atoms with Crippen molar-refractivity contribution < 1.29 is 4.79 Å². The molecule has 2 aromatic carbocycles. The summed E-state index contributed by atoms with van der Waals surface area (Å²) in [5.41, 5.74) is 2.17. The Hall–Kier alpha value is -2.95. The highest BCUT2D eigenvalue weighted by molar-refractivity contribution is 5.79. The van der Waals surface area contributed by atoms with E-state index in [1.54, 1.807) is 22.6 Å². The maximum absolute atomic E-state index is 13.4. The van der Waals surface area contributed by atoms with E-state index in [4.69, 9.17) is 4.98 Å². The van der Waals surface area contributed by atoms with Gasteiger partial charge in [-0.25, -0.2) is 4.98 Å². The van der Waals surface area contributed by atoms with E-state index in [0.29, 0.717) is 23.1 Å². The molecule has 1 aromatic heterocycles. The lowest BCUT2D eigenvalue weighted by Crippen LogP contribution is -2.36. The molecule has 0 bridgehead atoms. The number of para-hydroxylation sites is 2. The second-order valence-electron chi connectivity index (χ2n) is 8.83. The Balaban J connectivity index is 2.21. The van der Waals surface area contributed by atoms with Crippen LogP contribution in [0.15, 0.2) is 53.3 Å². The van der Waals surface area contributed by atoms with E-state index < -0.39 is 0 Å². The van der Waals surface area contributed by atoms with Crippen molar-refractivity contribution in [2.24, 2.45) is 5.41 Å². The number of carbonyl (C=O) groups excluding carboxylic acids is 1. The number of carbonyl (C=O) groups is 1. The number of fused-ring (bicyclic) bond motifs is 1. The van der Waals surface area contributed by atoms with Crippen LogP contribution in [0.4, 0.5) is 0 Å². The first kappa shape index (κ1) is 20.8. The van der Waals surface area contributed by atoms with E-state index in [1.165, 1.54) is 0 Å². The van der Waals surface area contributed by atoms with Crippen LogP contribution in [0.5, 0.6) is 0 Å². The first-order valence-corrected chi connectivity index (χ1v) is 9.93. The van der Waals surface area contributed by atoms with Gasteiger partial charge >= 0.3 is 0 Å². The predicted molar refractivity (Wildman–Crippen MR) is 117 cm³/mol. The quantitative estimate of drug-likeness (QED) is 0.650. The van der Waals surface area contributed by atoms with Crippen LogP contribution < -0.4 is 5.56 Å². The molecule has 0 aliphatic heterocycles. The van der Waals surface area contributed by atoms with Crippen molar-refractivity contribution >= 4 is 16.8 Å². The highest BCUT2D eigenvalue weighted by Crippen LogP contribution is 2.26. The van der Waals surface area contributed by atoms with Crippen molar-refractivity contribution in [2.45, 2.75) is 47.1 Å². The first-order valence-electron chi connectivity index (χ1n) is 9.93. The number of hydrogen-bond donors (Lipinski definition) is 0. The van der Waals surface area contributed by atoms with Crippen molar-refractivity contribution in [1.82, 2.24) is 14.5 Å². The molecule has 0 saturated carbocycles. The van der Waals surface area contributed by atoms with Gasteiger partial charge in [0, 0.05) is 13.5 Å². The van der Waals surface area contributed by atoms with Crippen LogP contribution in [-0.2, 0) is 4.79 Å². The summed E-state index contributed by atoms with van der Waals surface area (Å²) in [5.74, 6) is 0.594. The maximum atomic E-state index is 13.4. The second-order valence-corrected chi connectivity index (χ2v) is 8.83. The molecule has 5 heteroatoms. The van der Waals surface area contributed by atoms with Gasteiger partial charge in [0.25, 0.3) is 5.56 Å². The summed E-state index contributed by atoms with van der Waals surface area (Å²) >= 11 is 0. The number of amides is 1. The lowest BCUT2D eigenvalue weighted by atomic mass is 9.91. The van der Waals surface area contributed by atoms with Crippen molar-refractivity contribution in [2.75, 3.05) is 7.05 Å². The number of benzene rings is 2. The Morgan fingerprint density at radius 3 is 2.38 bits per heavy atom. The molecular formula is C24H29N3O2. The number of aryl methyl sites for hydroxylation is 1. The van der Waals surface area contributed by atoms with E-state index in [9.17, 15) is 9.59 Å². The summed E-state index contributed by atoms with van der Waals surface area (Å²) in [6.45, 7) is 10.0. The second kappa shape index (κ2) is 7.82. The van der Waals surface area contributed by atoms with Crippen LogP contribution in [0.3, 0.4) is 0 Å². The largest absolute Gasteiger partial charge is 0.336 e. The van der Waals surface area contributed by atoms with Crippen molar-refractivity contribution in [3.63, 3.8) is 0 Å². The van der Waals surface area contributed by atoms with Gasteiger partial charge in [0.1, 0.15) is 5.82 Å². The zero-order valence-corrected chi connectivity index (χ0v) is 18.1. The molecule has 1 atom stereocenters. The van der Waals surface area contributed by atoms with E-state index in [0.717, 1.165) is 11.3 Å². The van der Waals surface area contributed by atoms with E-state index in [1.807, 2.05) is 77.1 Å². The highest BCUT2D eigenvalue weighted by atomic mass is 16.2. The molecule has 0 radical (unpaired) electrons. The van der Waals surface area contributed by atoms with Crippen LogP contribution in [0.1, 0.15) is 51.5 Å². The fraction of sp³-hybridized carbons (Fsp3) is 0.375. The average Bonchev–Trinajstić information content (AvgIpc) is 2.66. The van der Waals surface area contributed by atoms with Crippen LogP contribution in [0.2, 0.25) is 0 Å². The normalized spacial score (nSPS) is 12.8. The molecule has 0 aliphatic rings. The zero-order valence-electron chi connectivity index (χ0n) is 18.1. The predicted octanol–water partition coefficient (Wildman–Crippen LogP) is 4.65. The van der Waals surface area contributed by atoms with Crippen LogP contribution in [-0.4, -0.2) is 27.4 Å². The zero-order chi connectivity index (χ0) is 21.3. The Morgan fingerprint density at radius 2 is 1.72 bits per heavy atom. The lowest BCUT2D eigenvalue weighted by molar-refractivity contribution is -0.133. The Labute approximate surface area is 172 Å². The average molecular weight is 392 g/mol. The minimum atomic E-state index is -0.359. The molecule has 0 fully saturated rings. The van der Waals surface area contributed by atoms with Crippen molar-refractivity contribution in [3.05, 3.63) is 70.3 Å². The third-order valence-electron chi connectivity index (χ3n) is 5.19. The maximum Gasteiger partial charge on any atom is 0.266 e. The van der Waals surface area contributed by atoms with Gasteiger partial charge in [-0.2, -0.15) is 0 Å². The SMILES string of the molecule is Cc1ccccc1-n1c(C(C)N(C)C(=O)CC(C)(C)C)nc2ccccc2c1=O. The van der Waals surface area contributed by atoms with E-state index in [-0.39, 0.29) is 22.9 Å². The molecule has 29 heavy (non-hydrogen) atoms. The molecule has 1 unspecified atom stereocenters. The topological polar surface area (TPSA) is 55.2 Å². The molecule has 0 spiro atoms. The van der Waals surface area contributed by atoms with Gasteiger partial charge in [-0.15, -0.1) is 0 Å². The van der Waals surface area contributed by atoms with E-state index in [2.05, 4.69) is 0 Å². The molecule has 1 amide bonds. The highest BCUT2D eigenvalue weighted by Gasteiger charge is 2.27. The lowest BCUT2D eigenvalue weighted by Gasteiger charge is -2.29. The van der Waals surface area contributed by atoms with Crippen molar-refractivity contribution in [3.8, 4) is 5.69 Å². The monoisotopic (exact) mass is 391 g/mol. The van der Waals surface area contributed by atoms with E-state index >= 15 is 0 Å². The number of aromatic nitrogens is 2. The first-order chi connectivity index (χ1) is 13.6. The Morgan fingerprint density at radius 1 is 1.10 bits per heavy atom. The fourth-order valence-corrected chi connectivity index (χ4v) is 3.44. The summed E-state index contributed by atoms with van der Waals surface area (Å²) in [4.78, 5) is 32.8. The molecule has 1 heterocycles. The summed E-state index contributed by atoms with van der Waals surface area (Å²) in [6.07, 6.45) is 0.427. The summed E-state index contributed by atoms with van der Waals surface area (Å²) < 4.78 is 1.66. The molecule has 3 rings (SSSR count). The molecule has 0 aliphatic carbocycles. The van der Waals surface area contributed by atoms with Gasteiger partial charge in [0.05, 0.1) is 22.6 Å².